The van der Waals surface area contributed by atoms with Gasteiger partial charge in [-0.1, -0.05) is 44.2 Å². The van der Waals surface area contributed by atoms with Gasteiger partial charge in [-0.2, -0.15) is 11.8 Å². The van der Waals surface area contributed by atoms with Crippen molar-refractivity contribution in [2.45, 2.75) is 38.5 Å². The highest BCUT2D eigenvalue weighted by molar-refractivity contribution is 7.99. The van der Waals surface area contributed by atoms with Gasteiger partial charge in [-0.15, -0.1) is 0 Å². The Morgan fingerprint density at radius 1 is 1.28 bits per heavy atom. The largest absolute Gasteiger partial charge is 0.481 e. The van der Waals surface area contributed by atoms with E-state index in [1.165, 1.54) is 0 Å². The van der Waals surface area contributed by atoms with E-state index in [4.69, 9.17) is 0 Å². The minimum atomic E-state index is -0.713. The van der Waals surface area contributed by atoms with Gasteiger partial charge in [0.25, 0.3) is 0 Å². The molecule has 0 aromatic heterocycles. The van der Waals surface area contributed by atoms with E-state index in [9.17, 15) is 9.90 Å². The second-order valence-electron chi connectivity index (χ2n) is 4.41. The van der Waals surface area contributed by atoms with Crippen LogP contribution in [0.1, 0.15) is 38.7 Å². The van der Waals surface area contributed by atoms with Crippen molar-refractivity contribution in [1.29, 1.82) is 0 Å². The normalized spacial score (nSPS) is 14.1. The van der Waals surface area contributed by atoms with E-state index in [0.29, 0.717) is 6.42 Å². The van der Waals surface area contributed by atoms with E-state index in [-0.39, 0.29) is 0 Å². The Hall–Kier alpha value is -0.960. The smallest absolute Gasteiger partial charge is 0.314 e. The fourth-order valence-electron chi connectivity index (χ4n) is 2.28. The average Bonchev–Trinajstić information content (AvgIpc) is 2.40. The van der Waals surface area contributed by atoms with Crippen molar-refractivity contribution in [3.63, 3.8) is 0 Å². The summed E-state index contributed by atoms with van der Waals surface area (Å²) in [6.07, 6.45) is 2.31. The molecule has 2 nitrogen and oxygen atoms in total. The summed E-state index contributed by atoms with van der Waals surface area (Å²) in [4.78, 5) is 11.7. The summed E-state index contributed by atoms with van der Waals surface area (Å²) >= 11 is 1.87. The van der Waals surface area contributed by atoms with Crippen LogP contribution in [0.25, 0.3) is 0 Å². The fraction of sp³-hybridized carbons (Fsp3) is 0.533. The molecule has 100 valence electrons. The van der Waals surface area contributed by atoms with Crippen LogP contribution in [0.15, 0.2) is 30.3 Å². The van der Waals surface area contributed by atoms with Gasteiger partial charge in [0.05, 0.1) is 5.41 Å². The Morgan fingerprint density at radius 3 is 2.44 bits per heavy atom. The summed E-state index contributed by atoms with van der Waals surface area (Å²) < 4.78 is 0. The van der Waals surface area contributed by atoms with E-state index < -0.39 is 11.4 Å². The third-order valence-electron chi connectivity index (χ3n) is 3.44. The van der Waals surface area contributed by atoms with Crippen molar-refractivity contribution in [3.8, 4) is 0 Å². The molecule has 0 aliphatic rings. The molecule has 0 radical (unpaired) electrons. The average molecular weight is 266 g/mol. The topological polar surface area (TPSA) is 37.3 Å². The summed E-state index contributed by atoms with van der Waals surface area (Å²) in [5.74, 6) is 1.44. The number of carboxylic acids is 1. The fourth-order valence-corrected chi connectivity index (χ4v) is 2.92. The van der Waals surface area contributed by atoms with E-state index in [1.807, 2.05) is 49.0 Å². The van der Waals surface area contributed by atoms with E-state index in [0.717, 1.165) is 29.9 Å². The molecule has 0 aliphatic carbocycles. The highest BCUT2D eigenvalue weighted by Gasteiger charge is 2.37. The van der Waals surface area contributed by atoms with Crippen LogP contribution in [0.4, 0.5) is 0 Å². The second kappa shape index (κ2) is 7.47. The Balaban J connectivity index is 2.85. The van der Waals surface area contributed by atoms with Crippen molar-refractivity contribution in [2.24, 2.45) is 0 Å². The molecule has 3 heteroatoms. The number of carbonyl (C=O) groups is 1. The lowest BCUT2D eigenvalue weighted by Gasteiger charge is -2.28. The lowest BCUT2D eigenvalue weighted by molar-refractivity contribution is -0.144. The predicted octanol–water partition coefficient (Wildman–Crippen LogP) is 3.95. The first-order chi connectivity index (χ1) is 8.67. The molecule has 0 heterocycles. The first-order valence-corrected chi connectivity index (χ1v) is 7.69. The molecule has 0 amide bonds. The van der Waals surface area contributed by atoms with E-state index in [1.54, 1.807) is 0 Å². The van der Waals surface area contributed by atoms with Gasteiger partial charge in [0, 0.05) is 0 Å². The molecule has 0 saturated carbocycles. The molecule has 1 unspecified atom stereocenters. The maximum atomic E-state index is 11.7. The van der Waals surface area contributed by atoms with E-state index >= 15 is 0 Å². The SMILES string of the molecule is CCSCCCC(CC)(C(=O)O)c1ccccc1. The van der Waals surface area contributed by atoms with Gasteiger partial charge in [0.1, 0.15) is 0 Å². The molecule has 0 bridgehead atoms. The lowest BCUT2D eigenvalue weighted by Crippen LogP contribution is -2.35. The molecule has 1 atom stereocenters. The Bertz CT molecular complexity index is 364. The molecule has 18 heavy (non-hydrogen) atoms. The summed E-state index contributed by atoms with van der Waals surface area (Å²) in [5, 5.41) is 9.63. The zero-order chi connectivity index (χ0) is 13.4. The van der Waals surface area contributed by atoms with Crippen LogP contribution < -0.4 is 0 Å². The predicted molar refractivity (Wildman–Crippen MR) is 78.3 cm³/mol. The van der Waals surface area contributed by atoms with Gasteiger partial charge in [0.2, 0.25) is 0 Å². The summed E-state index contributed by atoms with van der Waals surface area (Å²) in [6.45, 7) is 4.10. The Morgan fingerprint density at radius 2 is 1.94 bits per heavy atom. The number of hydrogen-bond donors (Lipinski definition) is 1. The summed E-state index contributed by atoms with van der Waals surface area (Å²) in [5.41, 5.74) is 0.219. The van der Waals surface area contributed by atoms with Gasteiger partial charge in [-0.05, 0) is 36.3 Å². The molecule has 1 aromatic carbocycles. The molecule has 0 fully saturated rings. The number of benzene rings is 1. The lowest BCUT2D eigenvalue weighted by atomic mass is 9.75. The third-order valence-corrected chi connectivity index (χ3v) is 4.42. The Labute approximate surface area is 114 Å². The van der Waals surface area contributed by atoms with Crippen LogP contribution in [-0.4, -0.2) is 22.6 Å². The van der Waals surface area contributed by atoms with Crippen molar-refractivity contribution in [3.05, 3.63) is 35.9 Å². The van der Waals surface area contributed by atoms with Gasteiger partial charge in [-0.3, -0.25) is 4.79 Å². The van der Waals surface area contributed by atoms with Gasteiger partial charge in [-0.25, -0.2) is 0 Å². The van der Waals surface area contributed by atoms with Crippen LogP contribution in [0.2, 0.25) is 0 Å². The van der Waals surface area contributed by atoms with Gasteiger partial charge >= 0.3 is 5.97 Å². The molecular formula is C15H22O2S. The summed E-state index contributed by atoms with van der Waals surface area (Å²) in [6, 6.07) is 9.64. The number of carboxylic acid groups (broad SMARTS) is 1. The first-order valence-electron chi connectivity index (χ1n) is 6.54. The monoisotopic (exact) mass is 266 g/mol. The highest BCUT2D eigenvalue weighted by Crippen LogP contribution is 2.33. The van der Waals surface area contributed by atoms with Gasteiger partial charge in [0.15, 0.2) is 0 Å². The highest BCUT2D eigenvalue weighted by atomic mass is 32.2. The quantitative estimate of drug-likeness (QED) is 0.724. The van der Waals surface area contributed by atoms with Crippen molar-refractivity contribution in [2.75, 3.05) is 11.5 Å². The van der Waals surface area contributed by atoms with Crippen LogP contribution in [0, 0.1) is 0 Å². The van der Waals surface area contributed by atoms with Crippen molar-refractivity contribution >= 4 is 17.7 Å². The van der Waals surface area contributed by atoms with Crippen molar-refractivity contribution < 1.29 is 9.90 Å². The third kappa shape index (κ3) is 3.52. The minimum Gasteiger partial charge on any atom is -0.481 e. The summed E-state index contributed by atoms with van der Waals surface area (Å²) in [7, 11) is 0. The molecule has 0 aliphatic heterocycles. The maximum absolute atomic E-state index is 11.7. The second-order valence-corrected chi connectivity index (χ2v) is 5.80. The zero-order valence-electron chi connectivity index (χ0n) is 11.2. The molecule has 1 rings (SSSR count). The van der Waals surface area contributed by atoms with E-state index in [2.05, 4.69) is 6.92 Å². The van der Waals surface area contributed by atoms with Crippen molar-refractivity contribution in [1.82, 2.24) is 0 Å². The Kier molecular flexibility index (Phi) is 6.27. The molecule has 1 aromatic rings. The first kappa shape index (κ1) is 15.1. The number of rotatable bonds is 8. The molecule has 0 spiro atoms. The van der Waals surface area contributed by atoms with Crippen LogP contribution in [0.5, 0.6) is 0 Å². The van der Waals surface area contributed by atoms with Crippen LogP contribution in [-0.2, 0) is 10.2 Å². The van der Waals surface area contributed by atoms with Crippen LogP contribution >= 0.6 is 11.8 Å². The zero-order valence-corrected chi connectivity index (χ0v) is 12.0. The molecular weight excluding hydrogens is 244 g/mol. The van der Waals surface area contributed by atoms with Gasteiger partial charge < -0.3 is 5.11 Å². The number of aliphatic carboxylic acids is 1. The number of thioether (sulfide) groups is 1. The minimum absolute atomic E-state index is 0.642. The number of hydrogen-bond acceptors (Lipinski definition) is 2. The standard InChI is InChI=1S/C15H22O2S/c1-3-15(14(16)17,11-8-12-18-4-2)13-9-6-5-7-10-13/h5-7,9-10H,3-4,8,11-12H2,1-2H3,(H,16,17). The maximum Gasteiger partial charge on any atom is 0.314 e. The molecule has 1 N–H and O–H groups in total. The van der Waals surface area contributed by atoms with Crippen LogP contribution in [0.3, 0.4) is 0 Å². The molecule has 0 saturated heterocycles.